The summed E-state index contributed by atoms with van der Waals surface area (Å²) in [6.45, 7) is 10.5. The largest absolute Gasteiger partial charge is 0.482 e. The molecule has 0 aliphatic heterocycles. The molecule has 0 N–H and O–H groups in total. The Hall–Kier alpha value is -4.53. The molecule has 0 fully saturated rings. The maximum absolute atomic E-state index is 12.8. The fourth-order valence-electron chi connectivity index (χ4n) is 3.00. The van der Waals surface area contributed by atoms with Crippen LogP contribution < -0.4 is 9.47 Å². The number of rotatable bonds is 9. The van der Waals surface area contributed by atoms with Gasteiger partial charge in [-0.3, -0.25) is 9.79 Å². The highest BCUT2D eigenvalue weighted by molar-refractivity contribution is 5.82. The Kier molecular flexibility index (Phi) is 12.2. The van der Waals surface area contributed by atoms with Crippen molar-refractivity contribution in [2.24, 2.45) is 4.99 Å². The van der Waals surface area contributed by atoms with Gasteiger partial charge in [-0.2, -0.15) is 0 Å². The zero-order valence-electron chi connectivity index (χ0n) is 24.2. The molecule has 0 heterocycles. The minimum absolute atomic E-state index is 0.139. The molecule has 0 aromatic heterocycles. The summed E-state index contributed by atoms with van der Waals surface area (Å²) in [4.78, 5) is 37.6. The minimum Gasteiger partial charge on any atom is -0.482 e. The number of benzene rings is 3. The fraction of sp³-hybridized carbons (Fsp3) is 0.312. The van der Waals surface area contributed by atoms with Crippen molar-refractivity contribution in [3.63, 3.8) is 0 Å². The van der Waals surface area contributed by atoms with E-state index in [1.54, 1.807) is 96.3 Å². The summed E-state index contributed by atoms with van der Waals surface area (Å²) in [5.74, 6) is -0.0249. The maximum Gasteiger partial charge on any atom is 0.344 e. The first-order valence-corrected chi connectivity index (χ1v) is 12.9. The minimum atomic E-state index is -0.527. The van der Waals surface area contributed by atoms with Gasteiger partial charge in [0.15, 0.2) is 13.2 Å². The number of carbonyl (C=O) groups excluding carboxylic acids is 3. The van der Waals surface area contributed by atoms with Crippen LogP contribution >= 0.6 is 0 Å². The first-order chi connectivity index (χ1) is 19.2. The monoisotopic (exact) mass is 565 g/mol. The Balaban J connectivity index is 0.000000305. The summed E-state index contributed by atoms with van der Waals surface area (Å²) in [6, 6.07) is 19.6. The molecule has 0 unspecified atom stereocenters. The fourth-order valence-corrected chi connectivity index (χ4v) is 3.00. The summed E-state index contributed by atoms with van der Waals surface area (Å²) < 4.78 is 33.7. The van der Waals surface area contributed by atoms with Crippen LogP contribution in [0.1, 0.15) is 57.5 Å². The van der Waals surface area contributed by atoms with Gasteiger partial charge in [-0.15, -0.1) is 0 Å². The van der Waals surface area contributed by atoms with Crippen molar-refractivity contribution in [1.29, 1.82) is 0 Å². The molecule has 0 radical (unpaired) electrons. The number of aliphatic imine (C=N–C) groups is 1. The van der Waals surface area contributed by atoms with E-state index in [1.165, 1.54) is 12.1 Å². The molecule has 0 saturated heterocycles. The zero-order valence-corrected chi connectivity index (χ0v) is 24.2. The van der Waals surface area contributed by atoms with Gasteiger partial charge in [-0.25, -0.2) is 14.0 Å². The number of hydrogen-bond donors (Lipinski definition) is 0. The second-order valence-electron chi connectivity index (χ2n) is 10.7. The standard InChI is InChI=1S/C19H20FNO3.C13H16O4/c1-19(2,3)24-18(22)13-23-17-10-4-14(5-11-17)12-21-16-8-6-15(20)7-9-16;1-13(2,3)17-12(15)9-16-11-6-4-10(8-14)5-7-11/h4-12H,13H2,1-3H3;4-8H,9H2,1-3H3. The summed E-state index contributed by atoms with van der Waals surface area (Å²) >= 11 is 0. The molecule has 9 heteroatoms. The van der Waals surface area contributed by atoms with Crippen molar-refractivity contribution in [3.8, 4) is 11.5 Å². The van der Waals surface area contributed by atoms with Crippen LogP contribution in [0, 0.1) is 5.82 Å². The number of ether oxygens (including phenoxy) is 4. The molecule has 218 valence electrons. The molecular weight excluding hydrogens is 529 g/mol. The van der Waals surface area contributed by atoms with E-state index in [-0.39, 0.29) is 19.0 Å². The quantitative estimate of drug-likeness (QED) is 0.165. The van der Waals surface area contributed by atoms with Crippen LogP contribution in [0.2, 0.25) is 0 Å². The Morgan fingerprint density at radius 2 is 1.10 bits per heavy atom. The number of aldehydes is 1. The van der Waals surface area contributed by atoms with Crippen LogP contribution in [0.25, 0.3) is 0 Å². The van der Waals surface area contributed by atoms with Crippen LogP contribution in [-0.2, 0) is 19.1 Å². The third-order valence-corrected chi connectivity index (χ3v) is 4.64. The predicted octanol–water partition coefficient (Wildman–Crippen LogP) is 6.52. The summed E-state index contributed by atoms with van der Waals surface area (Å²) in [6.07, 6.45) is 2.42. The molecule has 0 aliphatic carbocycles. The normalized spacial score (nSPS) is 11.2. The molecule has 3 rings (SSSR count). The van der Waals surface area contributed by atoms with Gasteiger partial charge in [0.2, 0.25) is 0 Å². The summed E-state index contributed by atoms with van der Waals surface area (Å²) in [7, 11) is 0. The van der Waals surface area contributed by atoms with E-state index in [2.05, 4.69) is 4.99 Å². The second kappa shape index (κ2) is 15.3. The number of halogens is 1. The number of hydrogen-bond acceptors (Lipinski definition) is 8. The highest BCUT2D eigenvalue weighted by Gasteiger charge is 2.17. The van der Waals surface area contributed by atoms with Crippen molar-refractivity contribution in [2.45, 2.75) is 52.7 Å². The maximum atomic E-state index is 12.8. The van der Waals surface area contributed by atoms with Crippen LogP contribution in [0.5, 0.6) is 11.5 Å². The molecule has 0 amide bonds. The van der Waals surface area contributed by atoms with E-state index >= 15 is 0 Å². The molecular formula is C32H36FNO7. The van der Waals surface area contributed by atoms with E-state index in [9.17, 15) is 18.8 Å². The van der Waals surface area contributed by atoms with Gasteiger partial charge in [-0.1, -0.05) is 0 Å². The third-order valence-electron chi connectivity index (χ3n) is 4.64. The lowest BCUT2D eigenvalue weighted by atomic mass is 10.2. The second-order valence-corrected chi connectivity index (χ2v) is 10.7. The van der Waals surface area contributed by atoms with Gasteiger partial charge in [0.1, 0.15) is 34.8 Å². The lowest BCUT2D eigenvalue weighted by Gasteiger charge is -2.19. The first kappa shape index (κ1) is 32.7. The van der Waals surface area contributed by atoms with Crippen molar-refractivity contribution >= 4 is 30.1 Å². The molecule has 0 bridgehead atoms. The van der Waals surface area contributed by atoms with Gasteiger partial charge in [-0.05, 0) is 120 Å². The molecule has 0 atom stereocenters. The lowest BCUT2D eigenvalue weighted by molar-refractivity contribution is -0.158. The molecule has 8 nitrogen and oxygen atoms in total. The molecule has 3 aromatic carbocycles. The molecule has 41 heavy (non-hydrogen) atoms. The predicted molar refractivity (Wildman–Crippen MR) is 155 cm³/mol. The summed E-state index contributed by atoms with van der Waals surface area (Å²) in [5.41, 5.74) is 1.06. The van der Waals surface area contributed by atoms with Gasteiger partial charge in [0.25, 0.3) is 0 Å². The number of carbonyl (C=O) groups is 3. The van der Waals surface area contributed by atoms with E-state index in [4.69, 9.17) is 18.9 Å². The van der Waals surface area contributed by atoms with Crippen LogP contribution in [-0.4, -0.2) is 48.9 Å². The molecule has 0 spiro atoms. The Bertz CT molecular complexity index is 1290. The number of esters is 2. The highest BCUT2D eigenvalue weighted by atomic mass is 19.1. The van der Waals surface area contributed by atoms with E-state index in [0.717, 1.165) is 11.8 Å². The first-order valence-electron chi connectivity index (χ1n) is 12.9. The Labute approximate surface area is 240 Å². The molecule has 0 saturated carbocycles. The van der Waals surface area contributed by atoms with Crippen LogP contribution in [0.4, 0.5) is 10.1 Å². The van der Waals surface area contributed by atoms with Crippen molar-refractivity contribution in [3.05, 3.63) is 89.7 Å². The van der Waals surface area contributed by atoms with Crippen LogP contribution in [0.3, 0.4) is 0 Å². The average molecular weight is 566 g/mol. The zero-order chi connectivity index (χ0) is 30.5. The third kappa shape index (κ3) is 14.4. The molecule has 3 aromatic rings. The van der Waals surface area contributed by atoms with Gasteiger partial charge in [0, 0.05) is 11.8 Å². The lowest BCUT2D eigenvalue weighted by Crippen LogP contribution is -2.27. The van der Waals surface area contributed by atoms with E-state index < -0.39 is 23.1 Å². The highest BCUT2D eigenvalue weighted by Crippen LogP contribution is 2.16. The SMILES string of the molecule is CC(C)(C)OC(=O)COc1ccc(C=Nc2ccc(F)cc2)cc1.CC(C)(C)OC(=O)COc1ccc(C=O)cc1. The average Bonchev–Trinajstić information content (AvgIpc) is 2.90. The Morgan fingerprint density at radius 1 is 0.683 bits per heavy atom. The number of nitrogens with zero attached hydrogens (tertiary/aromatic N) is 1. The van der Waals surface area contributed by atoms with Gasteiger partial charge < -0.3 is 18.9 Å². The van der Waals surface area contributed by atoms with Crippen molar-refractivity contribution in [1.82, 2.24) is 0 Å². The van der Waals surface area contributed by atoms with Crippen molar-refractivity contribution < 1.29 is 37.7 Å². The van der Waals surface area contributed by atoms with Crippen molar-refractivity contribution in [2.75, 3.05) is 13.2 Å². The molecule has 0 aliphatic rings. The van der Waals surface area contributed by atoms with E-state index in [1.807, 2.05) is 12.1 Å². The van der Waals surface area contributed by atoms with Crippen LogP contribution in [0.15, 0.2) is 77.8 Å². The topological polar surface area (TPSA) is 100 Å². The summed E-state index contributed by atoms with van der Waals surface area (Å²) in [5, 5.41) is 0. The van der Waals surface area contributed by atoms with Gasteiger partial charge in [0.05, 0.1) is 5.69 Å². The van der Waals surface area contributed by atoms with Gasteiger partial charge >= 0.3 is 11.9 Å². The smallest absolute Gasteiger partial charge is 0.344 e. The van der Waals surface area contributed by atoms with E-state index in [0.29, 0.717) is 22.7 Å². The Morgan fingerprint density at radius 3 is 1.49 bits per heavy atom.